The average molecular weight is 322 g/mol. The van der Waals surface area contributed by atoms with Crippen LogP contribution in [0.4, 0.5) is 0 Å². The molecular formula is C14H12ClN3O2S. The topological polar surface area (TPSA) is 74.8 Å². The summed E-state index contributed by atoms with van der Waals surface area (Å²) in [6.07, 6.45) is 0.826. The summed E-state index contributed by atoms with van der Waals surface area (Å²) in [6.45, 7) is 0. The first kappa shape index (κ1) is 14.2. The third kappa shape index (κ3) is 3.11. The van der Waals surface area contributed by atoms with E-state index in [-0.39, 0.29) is 23.2 Å². The lowest BCUT2D eigenvalue weighted by atomic mass is 10.0. The number of benzene rings is 1. The Kier molecular flexibility index (Phi) is 3.98. The fourth-order valence-corrected chi connectivity index (χ4v) is 3.50. The number of carbonyl (C=O) groups is 1. The van der Waals surface area contributed by atoms with Crippen LogP contribution in [0.5, 0.6) is 0 Å². The number of aromatic nitrogens is 2. The van der Waals surface area contributed by atoms with Crippen LogP contribution in [0.25, 0.3) is 0 Å². The zero-order valence-corrected chi connectivity index (χ0v) is 12.5. The largest absolute Gasteiger partial charge is 0.344 e. The number of nitrogens with zero attached hydrogens (tertiary/aromatic N) is 1. The molecule has 21 heavy (non-hydrogen) atoms. The van der Waals surface area contributed by atoms with Crippen LogP contribution in [-0.4, -0.2) is 21.9 Å². The highest BCUT2D eigenvalue weighted by atomic mass is 35.5. The predicted molar refractivity (Wildman–Crippen MR) is 81.9 cm³/mol. The fourth-order valence-electron chi connectivity index (χ4n) is 2.22. The summed E-state index contributed by atoms with van der Waals surface area (Å²) < 4.78 is 0. The van der Waals surface area contributed by atoms with Gasteiger partial charge < -0.3 is 5.32 Å². The first-order valence-corrected chi connectivity index (χ1v) is 7.79. The Morgan fingerprint density at radius 2 is 2.24 bits per heavy atom. The molecule has 1 unspecified atom stereocenters. The molecule has 0 spiro atoms. The zero-order chi connectivity index (χ0) is 14.8. The molecule has 1 aliphatic rings. The monoisotopic (exact) mass is 321 g/mol. The quantitative estimate of drug-likeness (QED) is 0.890. The molecule has 1 amide bonds. The fraction of sp³-hybridized carbons (Fsp3) is 0.214. The van der Waals surface area contributed by atoms with Gasteiger partial charge in [-0.2, -0.15) is 5.10 Å². The van der Waals surface area contributed by atoms with Gasteiger partial charge >= 0.3 is 0 Å². The second-order valence-corrected chi connectivity index (χ2v) is 6.22. The van der Waals surface area contributed by atoms with Crippen LogP contribution < -0.4 is 10.9 Å². The minimum absolute atomic E-state index is 0.0961. The van der Waals surface area contributed by atoms with Gasteiger partial charge in [0.1, 0.15) is 5.69 Å². The van der Waals surface area contributed by atoms with Crippen molar-refractivity contribution in [1.29, 1.82) is 0 Å². The van der Waals surface area contributed by atoms with Crippen molar-refractivity contribution >= 4 is 29.3 Å². The maximum absolute atomic E-state index is 12.2. The minimum Gasteiger partial charge on any atom is -0.344 e. The Hall–Kier alpha value is -1.79. The van der Waals surface area contributed by atoms with Gasteiger partial charge in [-0.1, -0.05) is 11.6 Å². The van der Waals surface area contributed by atoms with E-state index in [0.717, 1.165) is 22.6 Å². The molecule has 7 heteroatoms. The van der Waals surface area contributed by atoms with Crippen molar-refractivity contribution in [3.63, 3.8) is 0 Å². The molecule has 0 fully saturated rings. The van der Waals surface area contributed by atoms with Crippen LogP contribution in [0, 0.1) is 0 Å². The van der Waals surface area contributed by atoms with E-state index in [4.69, 9.17) is 11.6 Å². The van der Waals surface area contributed by atoms with Gasteiger partial charge in [-0.05, 0) is 36.2 Å². The van der Waals surface area contributed by atoms with Crippen LogP contribution in [-0.2, 0) is 0 Å². The van der Waals surface area contributed by atoms with Gasteiger partial charge in [0.25, 0.3) is 11.5 Å². The van der Waals surface area contributed by atoms with E-state index in [2.05, 4.69) is 15.5 Å². The molecular weight excluding hydrogens is 310 g/mol. The summed E-state index contributed by atoms with van der Waals surface area (Å²) in [6, 6.07) is 8.30. The lowest BCUT2D eigenvalue weighted by Gasteiger charge is -2.26. The lowest BCUT2D eigenvalue weighted by Crippen LogP contribution is -2.31. The molecule has 2 N–H and O–H groups in total. The number of rotatable bonds is 2. The summed E-state index contributed by atoms with van der Waals surface area (Å²) in [5.74, 6) is 0.618. The first-order chi connectivity index (χ1) is 10.1. The molecule has 0 radical (unpaired) electrons. The molecule has 0 bridgehead atoms. The molecule has 2 aromatic rings. The van der Waals surface area contributed by atoms with Crippen LogP contribution in [0.1, 0.15) is 28.5 Å². The van der Waals surface area contributed by atoms with Crippen molar-refractivity contribution in [2.24, 2.45) is 0 Å². The van der Waals surface area contributed by atoms with Crippen LogP contribution in [0.2, 0.25) is 5.02 Å². The van der Waals surface area contributed by atoms with E-state index in [0.29, 0.717) is 5.02 Å². The number of fused-ring (bicyclic) bond motifs is 1. The highest BCUT2D eigenvalue weighted by Crippen LogP contribution is 2.37. The molecule has 1 atom stereocenters. The Balaban J connectivity index is 1.83. The van der Waals surface area contributed by atoms with Gasteiger partial charge in [0.15, 0.2) is 0 Å². The van der Waals surface area contributed by atoms with E-state index in [1.54, 1.807) is 11.8 Å². The SMILES string of the molecule is O=C(NC1CCSc2ccc(Cl)cc21)c1ccc(=O)[nH]n1. The van der Waals surface area contributed by atoms with E-state index in [1.807, 2.05) is 18.2 Å². The summed E-state index contributed by atoms with van der Waals surface area (Å²) in [5.41, 5.74) is 0.880. The van der Waals surface area contributed by atoms with Gasteiger partial charge in [0, 0.05) is 21.7 Å². The van der Waals surface area contributed by atoms with Gasteiger partial charge in [-0.15, -0.1) is 11.8 Å². The van der Waals surface area contributed by atoms with Gasteiger partial charge in [0.2, 0.25) is 0 Å². The van der Waals surface area contributed by atoms with Crippen molar-refractivity contribution in [3.8, 4) is 0 Å². The minimum atomic E-state index is -0.335. The van der Waals surface area contributed by atoms with Crippen molar-refractivity contribution < 1.29 is 4.79 Å². The standard InChI is InChI=1S/C14H12ClN3O2S/c15-8-1-3-12-9(7-8)10(5-6-21-12)16-14(20)11-2-4-13(19)18-17-11/h1-4,7,10H,5-6H2,(H,16,20)(H,18,19). The molecule has 1 aromatic carbocycles. The maximum Gasteiger partial charge on any atom is 0.272 e. The molecule has 1 aliphatic heterocycles. The third-order valence-electron chi connectivity index (χ3n) is 3.23. The van der Waals surface area contributed by atoms with E-state index >= 15 is 0 Å². The number of amides is 1. The summed E-state index contributed by atoms with van der Waals surface area (Å²) >= 11 is 7.79. The molecule has 108 valence electrons. The molecule has 0 saturated heterocycles. The second-order valence-electron chi connectivity index (χ2n) is 4.65. The zero-order valence-electron chi connectivity index (χ0n) is 10.9. The smallest absolute Gasteiger partial charge is 0.272 e. The molecule has 5 nitrogen and oxygen atoms in total. The molecule has 3 rings (SSSR count). The normalized spacial score (nSPS) is 17.1. The van der Waals surface area contributed by atoms with Crippen molar-refractivity contribution in [3.05, 3.63) is 57.0 Å². The van der Waals surface area contributed by atoms with E-state index in [9.17, 15) is 9.59 Å². The Morgan fingerprint density at radius 1 is 1.38 bits per heavy atom. The summed E-state index contributed by atoms with van der Waals surface area (Å²) in [5, 5.41) is 9.58. The Morgan fingerprint density at radius 3 is 3.00 bits per heavy atom. The van der Waals surface area contributed by atoms with Crippen molar-refractivity contribution in [2.75, 3.05) is 5.75 Å². The molecule has 1 aromatic heterocycles. The van der Waals surface area contributed by atoms with Crippen molar-refractivity contribution in [1.82, 2.24) is 15.5 Å². The summed E-state index contributed by atoms with van der Waals surface area (Å²) in [7, 11) is 0. The number of aromatic amines is 1. The second kappa shape index (κ2) is 5.91. The third-order valence-corrected chi connectivity index (χ3v) is 4.59. The first-order valence-electron chi connectivity index (χ1n) is 6.42. The van der Waals surface area contributed by atoms with E-state index in [1.165, 1.54) is 12.1 Å². The summed E-state index contributed by atoms with van der Waals surface area (Å²) in [4.78, 5) is 24.3. The molecule has 0 saturated carbocycles. The van der Waals surface area contributed by atoms with Crippen molar-refractivity contribution in [2.45, 2.75) is 17.4 Å². The van der Waals surface area contributed by atoms with Gasteiger partial charge in [-0.3, -0.25) is 9.59 Å². The van der Waals surface area contributed by atoms with E-state index < -0.39 is 0 Å². The Labute approximate surface area is 130 Å². The number of carbonyl (C=O) groups excluding carboxylic acids is 1. The maximum atomic E-state index is 12.2. The number of thioether (sulfide) groups is 1. The number of nitrogens with one attached hydrogen (secondary N) is 2. The highest BCUT2D eigenvalue weighted by molar-refractivity contribution is 7.99. The Bertz CT molecular complexity index is 727. The lowest BCUT2D eigenvalue weighted by molar-refractivity contribution is 0.0929. The number of H-pyrrole nitrogens is 1. The number of halogens is 1. The van der Waals surface area contributed by atoms with Gasteiger partial charge in [0.05, 0.1) is 6.04 Å². The number of hydrogen-bond donors (Lipinski definition) is 2. The average Bonchev–Trinajstić information content (AvgIpc) is 2.48. The number of hydrogen-bond acceptors (Lipinski definition) is 4. The van der Waals surface area contributed by atoms with Gasteiger partial charge in [-0.25, -0.2) is 5.10 Å². The van der Waals surface area contributed by atoms with Crippen LogP contribution >= 0.6 is 23.4 Å². The van der Waals surface area contributed by atoms with Crippen LogP contribution in [0.3, 0.4) is 0 Å². The predicted octanol–water partition coefficient (Wildman–Crippen LogP) is 2.39. The molecule has 2 heterocycles. The molecule has 0 aliphatic carbocycles. The highest BCUT2D eigenvalue weighted by Gasteiger charge is 2.23. The van der Waals surface area contributed by atoms with Crippen LogP contribution in [0.15, 0.2) is 40.0 Å².